The van der Waals surface area contributed by atoms with E-state index < -0.39 is 11.2 Å². The van der Waals surface area contributed by atoms with Crippen LogP contribution in [0.1, 0.15) is 35.6 Å². The van der Waals surface area contributed by atoms with Crippen molar-refractivity contribution in [3.05, 3.63) is 63.6 Å². The largest absolute Gasteiger partial charge is 0.503 e. The lowest BCUT2D eigenvalue weighted by molar-refractivity contribution is -0.120. The maximum atomic E-state index is 12.7. The first-order valence-electron chi connectivity index (χ1n) is 8.95. The average Bonchev–Trinajstić information content (AvgIpc) is 2.64. The van der Waals surface area contributed by atoms with Crippen molar-refractivity contribution in [2.75, 3.05) is 6.54 Å². The highest BCUT2D eigenvalue weighted by Crippen LogP contribution is 2.22. The smallest absolute Gasteiger partial charge is 0.274 e. The molecule has 0 atom stereocenters. The molecule has 0 aliphatic carbocycles. The predicted molar refractivity (Wildman–Crippen MR) is 101 cm³/mol. The Balaban J connectivity index is 1.81. The van der Waals surface area contributed by atoms with Gasteiger partial charge in [-0.3, -0.25) is 14.4 Å². The molecule has 0 saturated carbocycles. The number of aromatic hydroxyl groups is 1. The number of benzene rings is 1. The third-order valence-electron chi connectivity index (χ3n) is 4.70. The van der Waals surface area contributed by atoms with E-state index in [0.29, 0.717) is 18.8 Å². The summed E-state index contributed by atoms with van der Waals surface area (Å²) in [5.41, 5.74) is 0.774. The average molecular weight is 369 g/mol. The van der Waals surface area contributed by atoms with E-state index in [4.69, 9.17) is 0 Å². The number of nitrogens with one attached hydrogen (secondary N) is 1. The summed E-state index contributed by atoms with van der Waals surface area (Å²) in [5, 5.41) is 12.9. The number of hydrogen-bond donors (Lipinski definition) is 2. The zero-order valence-corrected chi connectivity index (χ0v) is 15.4. The summed E-state index contributed by atoms with van der Waals surface area (Å²) in [6.45, 7) is 4.82. The fourth-order valence-electron chi connectivity index (χ4n) is 3.28. The third-order valence-corrected chi connectivity index (χ3v) is 4.70. The number of hydrogen-bond acceptors (Lipinski definition) is 4. The van der Waals surface area contributed by atoms with Crippen LogP contribution in [0, 0.1) is 0 Å². The summed E-state index contributed by atoms with van der Waals surface area (Å²) in [7, 11) is 0. The summed E-state index contributed by atoms with van der Waals surface area (Å²) in [5.74, 6) is -1.09. The fourth-order valence-corrected chi connectivity index (χ4v) is 3.28. The molecule has 0 radical (unpaired) electrons. The van der Waals surface area contributed by atoms with E-state index in [1.54, 1.807) is 9.47 Å². The van der Waals surface area contributed by atoms with Crippen molar-refractivity contribution in [2.24, 2.45) is 0 Å². The first-order chi connectivity index (χ1) is 12.9. The molecule has 0 unspecified atom stereocenters. The minimum absolute atomic E-state index is 0.00485. The number of nitrogens with zero attached hydrogens (tertiary/aromatic N) is 2. The van der Waals surface area contributed by atoms with Crippen molar-refractivity contribution in [1.82, 2.24) is 14.8 Å². The van der Waals surface area contributed by atoms with Crippen molar-refractivity contribution in [2.45, 2.75) is 39.4 Å². The Morgan fingerprint density at radius 2 is 1.89 bits per heavy atom. The highest BCUT2D eigenvalue weighted by molar-refractivity contribution is 5.96. The molecular formula is C20H23N3O4. The maximum absolute atomic E-state index is 12.7. The number of amides is 2. The van der Waals surface area contributed by atoms with Crippen molar-refractivity contribution in [1.29, 1.82) is 0 Å². The summed E-state index contributed by atoms with van der Waals surface area (Å²) in [4.78, 5) is 38.6. The lowest BCUT2D eigenvalue weighted by Crippen LogP contribution is -2.46. The maximum Gasteiger partial charge on any atom is 0.274 e. The number of rotatable bonds is 5. The predicted octanol–water partition coefficient (Wildman–Crippen LogP) is 1.28. The van der Waals surface area contributed by atoms with Gasteiger partial charge in [0.05, 0.1) is 13.0 Å². The van der Waals surface area contributed by atoms with E-state index in [1.807, 2.05) is 44.2 Å². The van der Waals surface area contributed by atoms with E-state index in [1.165, 1.54) is 6.07 Å². The minimum atomic E-state index is -0.618. The number of carbonyl (C=O) groups is 2. The lowest BCUT2D eigenvalue weighted by Gasteiger charge is -2.34. The van der Waals surface area contributed by atoms with Crippen molar-refractivity contribution in [3.63, 3.8) is 0 Å². The van der Waals surface area contributed by atoms with Gasteiger partial charge in [0.15, 0.2) is 11.4 Å². The molecule has 2 aromatic rings. The second-order valence-electron chi connectivity index (χ2n) is 6.88. The third kappa shape index (κ3) is 3.86. The van der Waals surface area contributed by atoms with Crippen molar-refractivity contribution in [3.8, 4) is 5.75 Å². The van der Waals surface area contributed by atoms with E-state index >= 15 is 0 Å². The molecule has 0 saturated heterocycles. The highest BCUT2D eigenvalue weighted by Gasteiger charge is 2.31. The zero-order valence-electron chi connectivity index (χ0n) is 15.4. The van der Waals surface area contributed by atoms with Gasteiger partial charge in [-0.15, -0.1) is 0 Å². The molecular weight excluding hydrogens is 346 g/mol. The van der Waals surface area contributed by atoms with Gasteiger partial charge >= 0.3 is 0 Å². The second kappa shape index (κ2) is 7.65. The number of carbonyl (C=O) groups excluding carboxylic acids is 2. The first-order valence-corrected chi connectivity index (χ1v) is 8.95. The Morgan fingerprint density at radius 3 is 2.56 bits per heavy atom. The lowest BCUT2D eigenvalue weighted by atomic mass is 10.1. The first kappa shape index (κ1) is 18.7. The Labute approximate surface area is 157 Å². The zero-order chi connectivity index (χ0) is 19.6. The van der Waals surface area contributed by atoms with Gasteiger partial charge < -0.3 is 19.9 Å². The highest BCUT2D eigenvalue weighted by atomic mass is 16.3. The Kier molecular flexibility index (Phi) is 5.30. The summed E-state index contributed by atoms with van der Waals surface area (Å²) < 4.78 is 1.63. The van der Waals surface area contributed by atoms with Gasteiger partial charge in [0.2, 0.25) is 11.3 Å². The molecule has 7 nitrogen and oxygen atoms in total. The molecule has 2 amide bonds. The molecule has 27 heavy (non-hydrogen) atoms. The molecule has 142 valence electrons. The molecule has 7 heteroatoms. The quantitative estimate of drug-likeness (QED) is 0.830. The number of aromatic nitrogens is 1. The normalized spacial score (nSPS) is 13.6. The molecule has 2 N–H and O–H groups in total. The standard InChI is InChI=1S/C20H23N3O4/c1-13(2)22-8-9-23-15(11-16(24)19(26)18(23)20(22)27)12-21-17(25)10-14-6-4-3-5-7-14/h3-7,11,13,26H,8-10,12H2,1-2H3,(H,21,25). The summed E-state index contributed by atoms with van der Waals surface area (Å²) in [6.07, 6.45) is 0.232. The molecule has 0 spiro atoms. The van der Waals surface area contributed by atoms with E-state index in [-0.39, 0.29) is 36.5 Å². The Morgan fingerprint density at radius 1 is 1.19 bits per heavy atom. The van der Waals surface area contributed by atoms with Gasteiger partial charge in [-0.2, -0.15) is 0 Å². The molecule has 1 aromatic carbocycles. The van der Waals surface area contributed by atoms with Crippen molar-refractivity contribution >= 4 is 11.8 Å². The monoisotopic (exact) mass is 369 g/mol. The van der Waals surface area contributed by atoms with Crippen LogP contribution in [-0.2, 0) is 24.3 Å². The molecule has 0 fully saturated rings. The summed E-state index contributed by atoms with van der Waals surface area (Å²) in [6, 6.07) is 10.6. The number of pyridine rings is 1. The molecule has 1 aliphatic rings. The van der Waals surface area contributed by atoms with Gasteiger partial charge in [0.25, 0.3) is 5.91 Å². The second-order valence-corrected chi connectivity index (χ2v) is 6.88. The summed E-state index contributed by atoms with van der Waals surface area (Å²) >= 11 is 0. The fraction of sp³-hybridized carbons (Fsp3) is 0.350. The van der Waals surface area contributed by atoms with Gasteiger partial charge in [0, 0.05) is 30.9 Å². The van der Waals surface area contributed by atoms with Crippen molar-refractivity contribution < 1.29 is 14.7 Å². The Hall–Kier alpha value is -3.09. The van der Waals surface area contributed by atoms with Crippen LogP contribution in [0.15, 0.2) is 41.2 Å². The Bertz CT molecular complexity index is 919. The van der Waals surface area contributed by atoms with Gasteiger partial charge in [-0.1, -0.05) is 30.3 Å². The van der Waals surface area contributed by atoms with Crippen LogP contribution in [0.4, 0.5) is 0 Å². The SMILES string of the molecule is CC(C)N1CCn2c(CNC(=O)Cc3ccccc3)cc(=O)c(O)c2C1=O. The van der Waals surface area contributed by atoms with Crippen LogP contribution < -0.4 is 10.7 Å². The topological polar surface area (TPSA) is 91.6 Å². The molecule has 2 heterocycles. The van der Waals surface area contributed by atoms with Crippen LogP contribution in [0.3, 0.4) is 0 Å². The minimum Gasteiger partial charge on any atom is -0.503 e. The van der Waals surface area contributed by atoms with Gasteiger partial charge in [-0.05, 0) is 19.4 Å². The molecule has 1 aromatic heterocycles. The molecule has 1 aliphatic heterocycles. The van der Waals surface area contributed by atoms with Gasteiger partial charge in [0.1, 0.15) is 0 Å². The van der Waals surface area contributed by atoms with E-state index in [2.05, 4.69) is 5.32 Å². The van der Waals surface area contributed by atoms with Gasteiger partial charge in [-0.25, -0.2) is 0 Å². The van der Waals surface area contributed by atoms with Crippen LogP contribution in [0.2, 0.25) is 0 Å². The van der Waals surface area contributed by atoms with E-state index in [9.17, 15) is 19.5 Å². The molecule has 3 rings (SSSR count). The number of fused-ring (bicyclic) bond motifs is 1. The van der Waals surface area contributed by atoms with Crippen LogP contribution in [-0.4, -0.2) is 39.0 Å². The molecule has 0 bridgehead atoms. The van der Waals surface area contributed by atoms with E-state index in [0.717, 1.165) is 5.56 Å². The van der Waals surface area contributed by atoms with Crippen LogP contribution in [0.5, 0.6) is 5.75 Å². The van der Waals surface area contributed by atoms with Crippen LogP contribution >= 0.6 is 0 Å². The van der Waals surface area contributed by atoms with Crippen LogP contribution in [0.25, 0.3) is 0 Å².